The van der Waals surface area contributed by atoms with E-state index in [2.05, 4.69) is 35.8 Å². The Morgan fingerprint density at radius 3 is 2.92 bits per heavy atom. The molecule has 0 saturated carbocycles. The van der Waals surface area contributed by atoms with E-state index >= 15 is 0 Å². The van der Waals surface area contributed by atoms with Crippen molar-refractivity contribution in [1.82, 2.24) is 0 Å². The Hall–Kier alpha value is -1.22. The quantitative estimate of drug-likeness (QED) is 0.372. The lowest BCUT2D eigenvalue weighted by atomic mass is 9.91. The fraction of sp³-hybridized carbons (Fsp3) is 0.333. The first-order chi connectivity index (χ1) is 5.95. The summed E-state index contributed by atoms with van der Waals surface area (Å²) in [7, 11) is 0. The summed E-state index contributed by atoms with van der Waals surface area (Å²) >= 11 is 0. The van der Waals surface area contributed by atoms with Gasteiger partial charge in [-0.1, -0.05) is 23.6 Å². The molecule has 0 aromatic heterocycles. The molecule has 0 aromatic carbocycles. The van der Waals surface area contributed by atoms with Crippen LogP contribution in [0.4, 0.5) is 0 Å². The lowest BCUT2D eigenvalue weighted by Crippen LogP contribution is -2.02. The normalized spacial score (nSPS) is 34.7. The molecule has 0 N–H and O–H groups in total. The molecule has 0 amide bonds. The van der Waals surface area contributed by atoms with E-state index in [1.54, 1.807) is 0 Å². The van der Waals surface area contributed by atoms with Gasteiger partial charge < -0.3 is 0 Å². The zero-order valence-corrected chi connectivity index (χ0v) is 6.88. The molecule has 2 atom stereocenters. The maximum atomic E-state index is 3.05. The average molecular weight is 154 g/mol. The highest BCUT2D eigenvalue weighted by molar-refractivity contribution is 5.46. The van der Waals surface area contributed by atoms with Crippen molar-refractivity contribution in [3.05, 3.63) is 46.9 Å². The van der Waals surface area contributed by atoms with Gasteiger partial charge in [0.25, 0.3) is 0 Å². The Morgan fingerprint density at radius 2 is 2.00 bits per heavy atom. The first-order valence-electron chi connectivity index (χ1n) is 4.53. The lowest BCUT2D eigenvalue weighted by molar-refractivity contribution is 0.546. The summed E-state index contributed by atoms with van der Waals surface area (Å²) in [6.07, 6.45) is 11.4. The number of rotatable bonds is 0. The highest BCUT2D eigenvalue weighted by Gasteiger charge is 2.31. The van der Waals surface area contributed by atoms with E-state index in [1.165, 1.54) is 24.0 Å². The van der Waals surface area contributed by atoms with Crippen LogP contribution in [0, 0.1) is 11.8 Å². The minimum Gasteiger partial charge on any atom is -0.0873 e. The third-order valence-corrected chi connectivity index (χ3v) is 3.04. The van der Waals surface area contributed by atoms with Gasteiger partial charge in [0.15, 0.2) is 0 Å². The van der Waals surface area contributed by atoms with Crippen molar-refractivity contribution in [1.29, 1.82) is 0 Å². The molecule has 2 unspecified atom stereocenters. The molecular formula is C12H10. The van der Waals surface area contributed by atoms with E-state index < -0.39 is 0 Å². The number of hydrogen-bond acceptors (Lipinski definition) is 0. The fourth-order valence-corrected chi connectivity index (χ4v) is 2.45. The van der Waals surface area contributed by atoms with Crippen LogP contribution < -0.4 is 0 Å². The molecule has 3 aliphatic carbocycles. The summed E-state index contributed by atoms with van der Waals surface area (Å²) in [5.41, 5.74) is 9.11. The van der Waals surface area contributed by atoms with Crippen LogP contribution in [0.2, 0.25) is 0 Å². The van der Waals surface area contributed by atoms with Crippen LogP contribution >= 0.6 is 0 Å². The highest BCUT2D eigenvalue weighted by atomic mass is 14.3. The number of fused-ring (bicyclic) bond motifs is 4. The van der Waals surface area contributed by atoms with Crippen LogP contribution in [0.5, 0.6) is 0 Å². The van der Waals surface area contributed by atoms with Crippen molar-refractivity contribution < 1.29 is 0 Å². The van der Waals surface area contributed by atoms with Crippen LogP contribution in [0.1, 0.15) is 12.8 Å². The molecule has 58 valence electrons. The van der Waals surface area contributed by atoms with Gasteiger partial charge in [0.05, 0.1) is 0 Å². The molecule has 3 aliphatic rings. The van der Waals surface area contributed by atoms with Gasteiger partial charge in [0.2, 0.25) is 0 Å². The van der Waals surface area contributed by atoms with Gasteiger partial charge in [-0.05, 0) is 42.1 Å². The van der Waals surface area contributed by atoms with Crippen LogP contribution in [0.3, 0.4) is 0 Å². The highest BCUT2D eigenvalue weighted by Crippen LogP contribution is 2.44. The second-order valence-corrected chi connectivity index (χ2v) is 3.69. The Balaban J connectivity index is 2.17. The van der Waals surface area contributed by atoms with Gasteiger partial charge in [-0.25, -0.2) is 0 Å². The predicted octanol–water partition coefficient (Wildman–Crippen LogP) is 2.76. The molecule has 3 rings (SSSR count). The van der Waals surface area contributed by atoms with Gasteiger partial charge >= 0.3 is 0 Å². The molecule has 0 nitrogen and oxygen atoms in total. The van der Waals surface area contributed by atoms with Crippen LogP contribution in [-0.2, 0) is 0 Å². The fourth-order valence-electron chi connectivity index (χ4n) is 2.45. The molecule has 0 heterocycles. The third-order valence-electron chi connectivity index (χ3n) is 3.04. The standard InChI is InChI=1S/C12H10/c1-2-7-12-10-5-3-4-9(8-10)11(12)6-1/h3-4,6-7,9-10H,5,8H2. The molecular weight excluding hydrogens is 144 g/mol. The second-order valence-electron chi connectivity index (χ2n) is 3.69. The molecule has 2 bridgehead atoms. The summed E-state index contributed by atoms with van der Waals surface area (Å²) < 4.78 is 0. The van der Waals surface area contributed by atoms with Gasteiger partial charge in [0, 0.05) is 5.92 Å². The summed E-state index contributed by atoms with van der Waals surface area (Å²) in [5.74, 6) is 1.46. The Labute approximate surface area is 72.3 Å². The summed E-state index contributed by atoms with van der Waals surface area (Å²) in [4.78, 5) is 0. The Morgan fingerprint density at radius 1 is 1.17 bits per heavy atom. The number of hydrogen-bond donors (Lipinski definition) is 0. The van der Waals surface area contributed by atoms with Crippen molar-refractivity contribution in [2.45, 2.75) is 12.8 Å². The monoisotopic (exact) mass is 154 g/mol. The van der Waals surface area contributed by atoms with Crippen molar-refractivity contribution in [3.63, 3.8) is 0 Å². The van der Waals surface area contributed by atoms with Crippen LogP contribution in [0.25, 0.3) is 0 Å². The smallest absolute Gasteiger partial charge is 0.00333 e. The zero-order valence-electron chi connectivity index (χ0n) is 6.88. The minimum absolute atomic E-state index is 0.685. The molecule has 0 heteroatoms. The summed E-state index contributed by atoms with van der Waals surface area (Å²) in [6.45, 7) is 0. The second kappa shape index (κ2) is 2.14. The molecule has 0 aliphatic heterocycles. The van der Waals surface area contributed by atoms with Gasteiger partial charge in [-0.15, -0.1) is 0 Å². The molecule has 0 fully saturated rings. The molecule has 0 spiro atoms. The van der Waals surface area contributed by atoms with Crippen LogP contribution in [-0.4, -0.2) is 0 Å². The SMILES string of the molecule is C1=C=CC2=C(C=1)C1C=CCC2C1. The lowest BCUT2D eigenvalue weighted by Gasteiger charge is -2.13. The minimum atomic E-state index is 0.685. The predicted molar refractivity (Wildman–Crippen MR) is 48.5 cm³/mol. The average Bonchev–Trinajstić information content (AvgIpc) is 2.41. The molecule has 12 heavy (non-hydrogen) atoms. The molecule has 0 saturated heterocycles. The van der Waals surface area contributed by atoms with Crippen molar-refractivity contribution in [3.8, 4) is 0 Å². The topological polar surface area (TPSA) is 0 Å². The Bertz CT molecular complexity index is 380. The number of allylic oxidation sites excluding steroid dienone is 6. The van der Waals surface area contributed by atoms with Crippen molar-refractivity contribution >= 4 is 0 Å². The van der Waals surface area contributed by atoms with Crippen molar-refractivity contribution in [2.75, 3.05) is 0 Å². The van der Waals surface area contributed by atoms with E-state index in [1.807, 2.05) is 0 Å². The summed E-state index contributed by atoms with van der Waals surface area (Å²) in [5, 5.41) is 0. The largest absolute Gasteiger partial charge is 0.0873 e. The van der Waals surface area contributed by atoms with E-state index in [9.17, 15) is 0 Å². The van der Waals surface area contributed by atoms with Crippen molar-refractivity contribution in [2.24, 2.45) is 11.8 Å². The van der Waals surface area contributed by atoms with E-state index in [0.29, 0.717) is 5.92 Å². The van der Waals surface area contributed by atoms with E-state index in [0.717, 1.165) is 5.92 Å². The van der Waals surface area contributed by atoms with E-state index in [-0.39, 0.29) is 0 Å². The Kier molecular flexibility index (Phi) is 1.12. The van der Waals surface area contributed by atoms with Gasteiger partial charge in [-0.2, -0.15) is 0 Å². The van der Waals surface area contributed by atoms with Gasteiger partial charge in [0.1, 0.15) is 0 Å². The van der Waals surface area contributed by atoms with Crippen LogP contribution in [0.15, 0.2) is 46.9 Å². The van der Waals surface area contributed by atoms with Gasteiger partial charge in [-0.3, -0.25) is 0 Å². The summed E-state index contributed by atoms with van der Waals surface area (Å²) in [6, 6.07) is 0. The zero-order chi connectivity index (χ0) is 7.97. The molecule has 0 radical (unpaired) electrons. The first-order valence-corrected chi connectivity index (χ1v) is 4.53. The van der Waals surface area contributed by atoms with E-state index in [4.69, 9.17) is 0 Å². The third kappa shape index (κ3) is 0.689. The molecule has 0 aromatic rings. The maximum absolute atomic E-state index is 3.05. The first kappa shape index (κ1) is 6.31. The maximum Gasteiger partial charge on any atom is 0.00333 e.